The van der Waals surface area contributed by atoms with Gasteiger partial charge in [0, 0.05) is 6.07 Å². The molecule has 0 amide bonds. The Hall–Kier alpha value is -1.62. The molecule has 0 atom stereocenters. The van der Waals surface area contributed by atoms with Crippen LogP contribution >= 0.6 is 0 Å². The van der Waals surface area contributed by atoms with Gasteiger partial charge in [-0.15, -0.1) is 12.8 Å². The number of rotatable bonds is 4. The van der Waals surface area contributed by atoms with E-state index in [9.17, 15) is 0 Å². The molecule has 0 saturated carbocycles. The van der Waals surface area contributed by atoms with E-state index in [1.165, 1.54) is 5.56 Å². The van der Waals surface area contributed by atoms with Gasteiger partial charge in [-0.25, -0.2) is 0 Å². The summed E-state index contributed by atoms with van der Waals surface area (Å²) in [6, 6.07) is 5.96. The number of ether oxygens (including phenoxy) is 2. The van der Waals surface area contributed by atoms with Crippen LogP contribution in [0.5, 0.6) is 11.5 Å². The maximum atomic E-state index is 5.70. The molecule has 2 nitrogen and oxygen atoms in total. The number of terminal acetylenes is 1. The van der Waals surface area contributed by atoms with Crippen molar-refractivity contribution >= 4 is 0 Å². The third-order valence-corrected chi connectivity index (χ3v) is 2.02. The molecule has 88 valence electrons. The average molecular weight is 220 g/mol. The predicted molar refractivity (Wildman–Crippen MR) is 68.0 cm³/mol. The van der Waals surface area contributed by atoms with E-state index in [0.29, 0.717) is 0 Å². The van der Waals surface area contributed by atoms with E-state index in [2.05, 4.69) is 25.8 Å². The number of hydrogen-bond donors (Lipinski definition) is 0. The Labute approximate surface area is 98.6 Å². The molecule has 1 aromatic rings. The van der Waals surface area contributed by atoms with Crippen molar-refractivity contribution in [2.45, 2.75) is 33.3 Å². The summed E-state index contributed by atoms with van der Waals surface area (Å²) in [5.41, 5.74) is 1.22. The topological polar surface area (TPSA) is 18.5 Å². The van der Waals surface area contributed by atoms with Crippen molar-refractivity contribution in [1.29, 1.82) is 0 Å². The van der Waals surface area contributed by atoms with Gasteiger partial charge in [-0.3, -0.25) is 0 Å². The van der Waals surface area contributed by atoms with Crippen LogP contribution < -0.4 is 9.47 Å². The SMILES string of the molecule is C#C.CCc1ccc(OC)cc1OC(C)C. The standard InChI is InChI=1S/C12H18O2.C2H2/c1-5-10-6-7-11(13-4)8-12(10)14-9(2)3;1-2/h6-9H,5H2,1-4H3;1-2H. The first kappa shape index (κ1) is 14.4. The van der Waals surface area contributed by atoms with Crippen LogP contribution in [0.2, 0.25) is 0 Å². The largest absolute Gasteiger partial charge is 0.497 e. The molecule has 0 heterocycles. The summed E-state index contributed by atoms with van der Waals surface area (Å²) in [6.45, 7) is 6.17. The third-order valence-electron chi connectivity index (χ3n) is 2.02. The highest BCUT2D eigenvalue weighted by molar-refractivity contribution is 5.40. The van der Waals surface area contributed by atoms with Gasteiger partial charge < -0.3 is 9.47 Å². The maximum Gasteiger partial charge on any atom is 0.126 e. The highest BCUT2D eigenvalue weighted by atomic mass is 16.5. The van der Waals surface area contributed by atoms with Crippen LogP contribution in [-0.2, 0) is 6.42 Å². The van der Waals surface area contributed by atoms with Crippen LogP contribution in [0.3, 0.4) is 0 Å². The van der Waals surface area contributed by atoms with E-state index in [1.807, 2.05) is 26.0 Å². The van der Waals surface area contributed by atoms with Crippen LogP contribution in [0.25, 0.3) is 0 Å². The third kappa shape index (κ3) is 4.27. The minimum absolute atomic E-state index is 0.201. The maximum absolute atomic E-state index is 5.70. The number of benzene rings is 1. The Kier molecular flexibility index (Phi) is 6.87. The molecule has 0 fully saturated rings. The fraction of sp³-hybridized carbons (Fsp3) is 0.429. The van der Waals surface area contributed by atoms with Crippen molar-refractivity contribution in [3.63, 3.8) is 0 Å². The zero-order valence-corrected chi connectivity index (χ0v) is 10.5. The molecule has 0 bridgehead atoms. The van der Waals surface area contributed by atoms with Gasteiger partial charge in [0.1, 0.15) is 11.5 Å². The van der Waals surface area contributed by atoms with Gasteiger partial charge in [0.05, 0.1) is 13.2 Å². The summed E-state index contributed by atoms with van der Waals surface area (Å²) in [6.07, 6.45) is 9.18. The molecule has 0 aliphatic rings. The van der Waals surface area contributed by atoms with Crippen molar-refractivity contribution < 1.29 is 9.47 Å². The second-order valence-corrected chi connectivity index (χ2v) is 3.49. The summed E-state index contributed by atoms with van der Waals surface area (Å²) in [7, 11) is 1.67. The lowest BCUT2D eigenvalue weighted by Crippen LogP contribution is -2.07. The first-order valence-electron chi connectivity index (χ1n) is 5.34. The Balaban J connectivity index is 0.00000106. The minimum Gasteiger partial charge on any atom is -0.497 e. The smallest absolute Gasteiger partial charge is 0.126 e. The minimum atomic E-state index is 0.201. The van der Waals surface area contributed by atoms with Gasteiger partial charge in [0.15, 0.2) is 0 Å². The zero-order chi connectivity index (χ0) is 12.6. The van der Waals surface area contributed by atoms with E-state index in [0.717, 1.165) is 17.9 Å². The molecule has 1 rings (SSSR count). The summed E-state index contributed by atoms with van der Waals surface area (Å²) >= 11 is 0. The molecule has 0 radical (unpaired) electrons. The summed E-state index contributed by atoms with van der Waals surface area (Å²) < 4.78 is 10.9. The van der Waals surface area contributed by atoms with Gasteiger partial charge in [0.25, 0.3) is 0 Å². The molecular weight excluding hydrogens is 200 g/mol. The highest BCUT2D eigenvalue weighted by Gasteiger charge is 2.05. The van der Waals surface area contributed by atoms with E-state index in [-0.39, 0.29) is 6.10 Å². The molecule has 16 heavy (non-hydrogen) atoms. The first-order valence-corrected chi connectivity index (χ1v) is 5.34. The molecule has 0 unspecified atom stereocenters. The quantitative estimate of drug-likeness (QED) is 0.725. The normalized spacial score (nSPS) is 9.19. The monoisotopic (exact) mass is 220 g/mol. The molecule has 0 aliphatic heterocycles. The van der Waals surface area contributed by atoms with Gasteiger partial charge in [-0.05, 0) is 31.9 Å². The number of hydrogen-bond acceptors (Lipinski definition) is 2. The van der Waals surface area contributed by atoms with Crippen LogP contribution in [-0.4, -0.2) is 13.2 Å². The van der Waals surface area contributed by atoms with Crippen molar-refractivity contribution in [2.75, 3.05) is 7.11 Å². The lowest BCUT2D eigenvalue weighted by Gasteiger charge is -2.14. The highest BCUT2D eigenvalue weighted by Crippen LogP contribution is 2.25. The average Bonchev–Trinajstić information content (AvgIpc) is 2.31. The summed E-state index contributed by atoms with van der Waals surface area (Å²) in [5.74, 6) is 1.78. The Morgan fingerprint density at radius 2 is 1.88 bits per heavy atom. The van der Waals surface area contributed by atoms with Crippen molar-refractivity contribution in [3.8, 4) is 24.3 Å². The predicted octanol–water partition coefficient (Wildman–Crippen LogP) is 3.29. The Bertz CT molecular complexity index is 327. The van der Waals surface area contributed by atoms with E-state index in [4.69, 9.17) is 9.47 Å². The van der Waals surface area contributed by atoms with Crippen LogP contribution in [0.1, 0.15) is 26.3 Å². The molecule has 0 aromatic heterocycles. The van der Waals surface area contributed by atoms with Crippen LogP contribution in [0.4, 0.5) is 0 Å². The van der Waals surface area contributed by atoms with Crippen LogP contribution in [0, 0.1) is 12.8 Å². The molecule has 0 spiro atoms. The summed E-state index contributed by atoms with van der Waals surface area (Å²) in [5, 5.41) is 0. The van der Waals surface area contributed by atoms with Gasteiger partial charge in [-0.2, -0.15) is 0 Å². The van der Waals surface area contributed by atoms with Gasteiger partial charge >= 0.3 is 0 Å². The number of aryl methyl sites for hydroxylation is 1. The molecule has 0 aliphatic carbocycles. The second-order valence-electron chi connectivity index (χ2n) is 3.49. The lowest BCUT2D eigenvalue weighted by atomic mass is 10.1. The van der Waals surface area contributed by atoms with Gasteiger partial charge in [0.2, 0.25) is 0 Å². The Morgan fingerprint density at radius 3 is 2.31 bits per heavy atom. The van der Waals surface area contributed by atoms with Crippen LogP contribution in [0.15, 0.2) is 18.2 Å². The van der Waals surface area contributed by atoms with Gasteiger partial charge in [-0.1, -0.05) is 13.0 Å². The van der Waals surface area contributed by atoms with E-state index in [1.54, 1.807) is 7.11 Å². The summed E-state index contributed by atoms with van der Waals surface area (Å²) in [4.78, 5) is 0. The van der Waals surface area contributed by atoms with E-state index >= 15 is 0 Å². The van der Waals surface area contributed by atoms with E-state index < -0.39 is 0 Å². The molecule has 0 N–H and O–H groups in total. The second kappa shape index (κ2) is 7.64. The lowest BCUT2D eigenvalue weighted by molar-refractivity contribution is 0.239. The molecule has 1 aromatic carbocycles. The molecule has 2 heteroatoms. The first-order chi connectivity index (χ1) is 7.67. The fourth-order valence-electron chi connectivity index (χ4n) is 1.32. The van der Waals surface area contributed by atoms with Crippen molar-refractivity contribution in [2.24, 2.45) is 0 Å². The van der Waals surface area contributed by atoms with Crippen molar-refractivity contribution in [3.05, 3.63) is 23.8 Å². The fourth-order valence-corrected chi connectivity index (χ4v) is 1.32. The zero-order valence-electron chi connectivity index (χ0n) is 10.5. The number of methoxy groups -OCH3 is 1. The molecular formula is C14H20O2. The van der Waals surface area contributed by atoms with Crippen molar-refractivity contribution in [1.82, 2.24) is 0 Å². The molecule has 0 saturated heterocycles. The Morgan fingerprint density at radius 1 is 1.25 bits per heavy atom.